The Labute approximate surface area is 351 Å². The molecule has 18 heteroatoms. The Morgan fingerprint density at radius 3 is 2.13 bits per heavy atom. The van der Waals surface area contributed by atoms with Crippen LogP contribution in [0.25, 0.3) is 0 Å². The Kier molecular flexibility index (Phi) is 12.1. The maximum atomic E-state index is 14.6. The number of hydrogen-bond donors (Lipinski definition) is 8. The van der Waals surface area contributed by atoms with Gasteiger partial charge in [-0.15, -0.1) is 0 Å². The molecule has 20 atom stereocenters. The van der Waals surface area contributed by atoms with Gasteiger partial charge in [0.05, 0.1) is 29.6 Å². The van der Waals surface area contributed by atoms with Gasteiger partial charge in [0, 0.05) is 0 Å². The van der Waals surface area contributed by atoms with Gasteiger partial charge in [-0.2, -0.15) is 8.42 Å². The van der Waals surface area contributed by atoms with Crippen molar-refractivity contribution in [3.05, 3.63) is 11.6 Å². The highest BCUT2D eigenvalue weighted by atomic mass is 32.3. The van der Waals surface area contributed by atoms with Crippen molar-refractivity contribution < 1.29 is 81.4 Å². The number of fused-ring (bicyclic) bond motifs is 7. The van der Waals surface area contributed by atoms with E-state index in [-0.39, 0.29) is 36.5 Å². The molecule has 6 fully saturated rings. The van der Waals surface area contributed by atoms with Gasteiger partial charge < -0.3 is 54.7 Å². The topological polar surface area (TPSA) is 276 Å². The van der Waals surface area contributed by atoms with Gasteiger partial charge in [-0.05, 0) is 111 Å². The van der Waals surface area contributed by atoms with Crippen LogP contribution in [0.2, 0.25) is 0 Å². The molecule has 0 spiro atoms. The maximum Gasteiger partial charge on any atom is 0.397 e. The third-order valence-electron chi connectivity index (χ3n) is 17.5. The van der Waals surface area contributed by atoms with Crippen LogP contribution in [0, 0.1) is 56.7 Å². The summed E-state index contributed by atoms with van der Waals surface area (Å²) in [6.07, 6.45) is -9.58. The molecule has 2 saturated heterocycles. The van der Waals surface area contributed by atoms with Gasteiger partial charge in [0.2, 0.25) is 6.29 Å². The highest BCUT2D eigenvalue weighted by Crippen LogP contribution is 2.76. The summed E-state index contributed by atoms with van der Waals surface area (Å²) in [4.78, 5) is 28.9. The first-order valence-electron chi connectivity index (χ1n) is 21.6. The van der Waals surface area contributed by atoms with Crippen LogP contribution in [0.4, 0.5) is 0 Å². The maximum absolute atomic E-state index is 14.6. The summed E-state index contributed by atoms with van der Waals surface area (Å²) < 4.78 is 61.7. The van der Waals surface area contributed by atoms with Gasteiger partial charge in [-0.3, -0.25) is 14.1 Å². The first-order chi connectivity index (χ1) is 27.8. The van der Waals surface area contributed by atoms with E-state index >= 15 is 0 Å². The lowest BCUT2D eigenvalue weighted by atomic mass is 9.33. The predicted octanol–water partition coefficient (Wildman–Crippen LogP) is 2.09. The number of carboxylic acids is 1. The summed E-state index contributed by atoms with van der Waals surface area (Å²) in [5.74, 6) is -2.21. The molecular formula is C42H66O17S. The van der Waals surface area contributed by atoms with Gasteiger partial charge in [-0.25, -0.2) is 4.18 Å². The van der Waals surface area contributed by atoms with Gasteiger partial charge in [-0.1, -0.05) is 53.2 Å². The minimum atomic E-state index is -5.06. The molecule has 17 nitrogen and oxygen atoms in total. The van der Waals surface area contributed by atoms with E-state index in [9.17, 15) is 58.3 Å². The molecule has 0 amide bonds. The lowest BCUT2D eigenvalue weighted by molar-refractivity contribution is -0.320. The number of aliphatic hydroxyl groups is 6. The minimum absolute atomic E-state index is 0.00934. The van der Waals surface area contributed by atoms with Crippen LogP contribution < -0.4 is 0 Å². The largest absolute Gasteiger partial charge is 0.481 e. The number of carbonyl (C=O) groups excluding carboxylic acids is 1. The number of allylic oxidation sites excluding steroid dienone is 1. The molecule has 60 heavy (non-hydrogen) atoms. The Bertz CT molecular complexity index is 1800. The van der Waals surface area contributed by atoms with Gasteiger partial charge in [0.15, 0.2) is 12.4 Å². The third-order valence-corrected chi connectivity index (χ3v) is 18.0. The molecule has 7 aliphatic rings. The normalized spacial score (nSPS) is 51.5. The number of carboxylic acid groups (broad SMARTS) is 1. The second-order valence-corrected chi connectivity index (χ2v) is 21.5. The van der Waals surface area contributed by atoms with Crippen LogP contribution in [-0.2, 0) is 43.1 Å². The SMILES string of the molecule is C[C@H]1[C@H](C)CC[C@]2(C(=O)O[C@@H]3O[C@H](CO)[C@@H](O)[C@H](O)[C@H]3O)CC[C@]3(C(=O)O)C(=CC[C@@H]4[C@@]5(C)CC[C@H](O[C@@H]6O[C@H](C)[C@@H](O)[C@H](O)[C@H]6OS(=O)(=O)O)C(C)(C)[C@@H]5CC[C@]43C)[C@H]12. The van der Waals surface area contributed by atoms with Crippen LogP contribution in [0.1, 0.15) is 106 Å². The monoisotopic (exact) mass is 874 g/mol. The zero-order chi connectivity index (χ0) is 44.3. The number of carbonyl (C=O) groups is 2. The molecule has 0 unspecified atom stereocenters. The van der Waals surface area contributed by atoms with Crippen molar-refractivity contribution in [1.82, 2.24) is 0 Å². The van der Waals surface area contributed by atoms with Crippen molar-refractivity contribution >= 4 is 22.3 Å². The van der Waals surface area contributed by atoms with Crippen molar-refractivity contribution in [3.8, 4) is 0 Å². The molecule has 2 heterocycles. The average Bonchev–Trinajstić information content (AvgIpc) is 3.17. The molecule has 0 radical (unpaired) electrons. The molecule has 4 saturated carbocycles. The Morgan fingerprint density at radius 1 is 0.817 bits per heavy atom. The standard InChI is InChI=1S/C42H66O17S/c1-19-10-15-41(37(51)58-34-32(48)30(46)29(45)23(18-43)56-34)16-17-42(36(49)50)22(27(41)20(19)2)8-9-25-39(6)13-12-26(38(4,5)24(39)11-14-40(25,42)7)57-35-33(59-60(52,53)54)31(47)28(44)21(3)55-35/h8,19-21,23-35,43-48H,9-18H2,1-7H3,(H,49,50)(H,52,53,54)/t19-,20+,21-,23-,24+,25-,26+,27+,28-,29-,30+,31+,32-,33-,34+,35+,39+,40-,41+,42-/m1/s1. The van der Waals surface area contributed by atoms with E-state index in [0.717, 1.165) is 5.57 Å². The second-order valence-electron chi connectivity index (χ2n) is 20.4. The number of hydrogen-bond acceptors (Lipinski definition) is 15. The number of rotatable bonds is 8. The molecule has 0 aromatic heterocycles. The number of esters is 1. The molecular weight excluding hydrogens is 809 g/mol. The van der Waals surface area contributed by atoms with Crippen LogP contribution in [0.5, 0.6) is 0 Å². The predicted molar refractivity (Wildman–Crippen MR) is 208 cm³/mol. The van der Waals surface area contributed by atoms with Crippen LogP contribution in [-0.4, -0.2) is 135 Å². The Hall–Kier alpha value is -1.81. The smallest absolute Gasteiger partial charge is 0.397 e. The Balaban J connectivity index is 1.20. The summed E-state index contributed by atoms with van der Waals surface area (Å²) in [6.45, 7) is 13.5. The molecule has 7 rings (SSSR count). The minimum Gasteiger partial charge on any atom is -0.481 e. The summed E-state index contributed by atoms with van der Waals surface area (Å²) in [5, 5.41) is 74.3. The summed E-state index contributed by atoms with van der Waals surface area (Å²) in [5.41, 5.74) is -3.48. The second kappa shape index (κ2) is 15.7. The molecule has 342 valence electrons. The van der Waals surface area contributed by atoms with Crippen molar-refractivity contribution in [2.24, 2.45) is 56.7 Å². The summed E-state index contributed by atoms with van der Waals surface area (Å²) in [7, 11) is -5.06. The van der Waals surface area contributed by atoms with Crippen molar-refractivity contribution in [3.63, 3.8) is 0 Å². The van der Waals surface area contributed by atoms with E-state index in [2.05, 4.69) is 47.6 Å². The van der Waals surface area contributed by atoms with Crippen molar-refractivity contribution in [2.45, 2.75) is 174 Å². The van der Waals surface area contributed by atoms with E-state index in [1.54, 1.807) is 0 Å². The third kappa shape index (κ3) is 6.84. The number of ether oxygens (including phenoxy) is 4. The fraction of sp³-hybridized carbons (Fsp3) is 0.905. The van der Waals surface area contributed by atoms with E-state index < -0.39 is 129 Å². The van der Waals surface area contributed by atoms with Crippen LogP contribution in [0.15, 0.2) is 11.6 Å². The van der Waals surface area contributed by atoms with Gasteiger partial charge >= 0.3 is 22.3 Å². The summed E-state index contributed by atoms with van der Waals surface area (Å²) in [6, 6.07) is 0. The quantitative estimate of drug-likeness (QED) is 0.0750. The lowest BCUT2D eigenvalue weighted by Gasteiger charge is -2.70. The molecule has 5 aliphatic carbocycles. The van der Waals surface area contributed by atoms with E-state index in [1.165, 1.54) is 6.92 Å². The van der Waals surface area contributed by atoms with Gasteiger partial charge in [0.25, 0.3) is 0 Å². The highest BCUT2D eigenvalue weighted by Gasteiger charge is 2.74. The fourth-order valence-corrected chi connectivity index (χ4v) is 14.6. The zero-order valence-electron chi connectivity index (χ0n) is 35.5. The van der Waals surface area contributed by atoms with E-state index in [0.29, 0.717) is 44.9 Å². The first-order valence-corrected chi connectivity index (χ1v) is 23.0. The molecule has 8 N–H and O–H groups in total. The molecule has 0 aromatic carbocycles. The Morgan fingerprint density at radius 2 is 1.50 bits per heavy atom. The first kappa shape index (κ1) is 46.2. The molecule has 0 bridgehead atoms. The van der Waals surface area contributed by atoms with Crippen molar-refractivity contribution in [2.75, 3.05) is 6.61 Å². The van der Waals surface area contributed by atoms with E-state index in [1.807, 2.05) is 0 Å². The fourth-order valence-electron chi connectivity index (χ4n) is 14.1. The summed E-state index contributed by atoms with van der Waals surface area (Å²) >= 11 is 0. The molecule has 2 aliphatic heterocycles. The zero-order valence-corrected chi connectivity index (χ0v) is 36.4. The van der Waals surface area contributed by atoms with Crippen LogP contribution in [0.3, 0.4) is 0 Å². The average molecular weight is 875 g/mol. The van der Waals surface area contributed by atoms with Gasteiger partial charge in [0.1, 0.15) is 36.6 Å². The number of aliphatic hydroxyl groups excluding tert-OH is 6. The molecule has 0 aromatic rings. The number of aliphatic carboxylic acids is 1. The highest BCUT2D eigenvalue weighted by molar-refractivity contribution is 7.80. The lowest BCUT2D eigenvalue weighted by Crippen LogP contribution is -2.68. The van der Waals surface area contributed by atoms with Crippen LogP contribution >= 0.6 is 0 Å². The van der Waals surface area contributed by atoms with E-state index in [4.69, 9.17) is 23.1 Å². The van der Waals surface area contributed by atoms with Crippen molar-refractivity contribution in [1.29, 1.82) is 0 Å².